The quantitative estimate of drug-likeness (QED) is 0.524. The summed E-state index contributed by atoms with van der Waals surface area (Å²) < 4.78 is 17.0. The van der Waals surface area contributed by atoms with Gasteiger partial charge in [-0.1, -0.05) is 30.3 Å². The second kappa shape index (κ2) is 7.47. The van der Waals surface area contributed by atoms with Crippen LogP contribution in [0, 0.1) is 10.6 Å². The molecule has 0 saturated carbocycles. The van der Waals surface area contributed by atoms with Gasteiger partial charge < -0.3 is 0 Å². The number of nitrogens with one attached hydrogen (secondary N) is 1. The second-order valence-electron chi connectivity index (χ2n) is 6.55. The molecule has 0 aliphatic heterocycles. The van der Waals surface area contributed by atoms with Gasteiger partial charge in [0.1, 0.15) is 11.6 Å². The van der Waals surface area contributed by atoms with Crippen LogP contribution in [0.25, 0.3) is 10.8 Å². The van der Waals surface area contributed by atoms with Gasteiger partial charge in [0.2, 0.25) is 0 Å². The standard InChI is InChI=1S/C20H18FN5OS/c1-13(14-6-8-16(21)9-7-14)26-18(23-24-20(26)28)10-11-25-19(27)17-5-3-2-4-15(17)12-22-25/h2-9,12-13H,10-11H2,1H3,(H,24,28)/t13-/m1/s1. The first-order valence-electron chi connectivity index (χ1n) is 8.90. The highest BCUT2D eigenvalue weighted by Gasteiger charge is 2.15. The van der Waals surface area contributed by atoms with Crippen LogP contribution >= 0.6 is 12.2 Å². The molecule has 1 atom stereocenters. The molecule has 2 aromatic carbocycles. The van der Waals surface area contributed by atoms with Crippen molar-refractivity contribution in [1.29, 1.82) is 0 Å². The summed E-state index contributed by atoms with van der Waals surface area (Å²) in [7, 11) is 0. The van der Waals surface area contributed by atoms with Gasteiger partial charge >= 0.3 is 0 Å². The molecule has 0 saturated heterocycles. The Bertz CT molecular complexity index is 1240. The Labute approximate surface area is 165 Å². The Hall–Kier alpha value is -3.13. The van der Waals surface area contributed by atoms with Crippen molar-refractivity contribution in [2.45, 2.75) is 25.9 Å². The number of nitrogens with zero attached hydrogens (tertiary/aromatic N) is 4. The Balaban J connectivity index is 1.62. The van der Waals surface area contributed by atoms with Gasteiger partial charge in [-0.2, -0.15) is 10.2 Å². The van der Waals surface area contributed by atoms with Crippen molar-refractivity contribution in [2.75, 3.05) is 0 Å². The Morgan fingerprint density at radius 3 is 2.71 bits per heavy atom. The zero-order valence-corrected chi connectivity index (χ0v) is 16.0. The highest BCUT2D eigenvalue weighted by atomic mass is 32.1. The monoisotopic (exact) mass is 395 g/mol. The molecule has 0 bridgehead atoms. The average Bonchev–Trinajstić information content (AvgIpc) is 3.08. The number of aromatic amines is 1. The molecule has 0 aliphatic carbocycles. The summed E-state index contributed by atoms with van der Waals surface area (Å²) in [5.41, 5.74) is 0.784. The lowest BCUT2D eigenvalue weighted by Crippen LogP contribution is -2.24. The van der Waals surface area contributed by atoms with E-state index in [4.69, 9.17) is 12.2 Å². The van der Waals surface area contributed by atoms with Crippen molar-refractivity contribution < 1.29 is 4.39 Å². The minimum absolute atomic E-state index is 0.122. The normalized spacial score (nSPS) is 12.4. The molecule has 28 heavy (non-hydrogen) atoms. The van der Waals surface area contributed by atoms with E-state index in [-0.39, 0.29) is 17.4 Å². The van der Waals surface area contributed by atoms with Crippen molar-refractivity contribution in [3.05, 3.63) is 87.1 Å². The van der Waals surface area contributed by atoms with Crippen molar-refractivity contribution in [2.24, 2.45) is 0 Å². The van der Waals surface area contributed by atoms with Gasteiger partial charge in [0.25, 0.3) is 5.56 Å². The SMILES string of the molecule is C[C@H](c1ccc(F)cc1)n1c(CCn2ncc3ccccc3c2=O)n[nH]c1=S. The lowest BCUT2D eigenvalue weighted by atomic mass is 10.1. The molecule has 1 N–H and O–H groups in total. The van der Waals surface area contributed by atoms with E-state index in [1.165, 1.54) is 16.8 Å². The van der Waals surface area contributed by atoms with Crippen LogP contribution in [-0.2, 0) is 13.0 Å². The molecule has 0 fully saturated rings. The number of aryl methyl sites for hydroxylation is 2. The predicted molar refractivity (Wildman–Crippen MR) is 107 cm³/mol. The van der Waals surface area contributed by atoms with E-state index in [1.807, 2.05) is 29.7 Å². The lowest BCUT2D eigenvalue weighted by molar-refractivity contribution is 0.533. The number of hydrogen-bond acceptors (Lipinski definition) is 4. The van der Waals surface area contributed by atoms with Gasteiger partial charge in [-0.25, -0.2) is 9.07 Å². The third-order valence-electron chi connectivity index (χ3n) is 4.83. The molecule has 0 aliphatic rings. The molecular formula is C20H18FN5OS. The fourth-order valence-corrected chi connectivity index (χ4v) is 3.61. The van der Waals surface area contributed by atoms with Gasteiger partial charge in [-0.15, -0.1) is 0 Å². The van der Waals surface area contributed by atoms with E-state index in [9.17, 15) is 9.18 Å². The van der Waals surface area contributed by atoms with Crippen LogP contribution in [0.3, 0.4) is 0 Å². The fraction of sp³-hybridized carbons (Fsp3) is 0.200. The molecule has 4 aromatic rings. The topological polar surface area (TPSA) is 68.5 Å². The maximum Gasteiger partial charge on any atom is 0.274 e. The first kappa shape index (κ1) is 18.2. The summed E-state index contributed by atoms with van der Waals surface area (Å²) in [5.74, 6) is 0.428. The van der Waals surface area contributed by atoms with Gasteiger partial charge in [0.05, 0.1) is 24.2 Å². The number of rotatable bonds is 5. The minimum Gasteiger partial charge on any atom is -0.297 e. The summed E-state index contributed by atoms with van der Waals surface area (Å²) in [6.07, 6.45) is 2.17. The average molecular weight is 395 g/mol. The van der Waals surface area contributed by atoms with Gasteiger partial charge in [0.15, 0.2) is 4.77 Å². The molecule has 0 spiro atoms. The van der Waals surface area contributed by atoms with Crippen molar-refractivity contribution in [3.8, 4) is 0 Å². The van der Waals surface area contributed by atoms with Gasteiger partial charge in [-0.05, 0) is 42.9 Å². The number of benzene rings is 2. The number of halogens is 1. The first-order valence-corrected chi connectivity index (χ1v) is 9.31. The summed E-state index contributed by atoms with van der Waals surface area (Å²) in [6, 6.07) is 13.6. The molecule has 2 aromatic heterocycles. The van der Waals surface area contributed by atoms with Crippen LogP contribution in [0.15, 0.2) is 59.5 Å². The zero-order chi connectivity index (χ0) is 19.7. The van der Waals surface area contributed by atoms with E-state index >= 15 is 0 Å². The van der Waals surface area contributed by atoms with Crippen LogP contribution in [0.5, 0.6) is 0 Å². The minimum atomic E-state index is -0.284. The van der Waals surface area contributed by atoms with Crippen molar-refractivity contribution in [3.63, 3.8) is 0 Å². The fourth-order valence-electron chi connectivity index (χ4n) is 3.30. The van der Waals surface area contributed by atoms with Crippen LogP contribution in [-0.4, -0.2) is 24.5 Å². The first-order chi connectivity index (χ1) is 13.5. The van der Waals surface area contributed by atoms with E-state index in [1.54, 1.807) is 24.4 Å². The third-order valence-corrected chi connectivity index (χ3v) is 5.11. The van der Waals surface area contributed by atoms with E-state index in [2.05, 4.69) is 15.3 Å². The summed E-state index contributed by atoms with van der Waals surface area (Å²) in [4.78, 5) is 12.6. The van der Waals surface area contributed by atoms with E-state index in [0.29, 0.717) is 28.9 Å². The Kier molecular flexibility index (Phi) is 4.87. The molecule has 0 unspecified atom stereocenters. The molecule has 8 heteroatoms. The third kappa shape index (κ3) is 3.38. The summed E-state index contributed by atoms with van der Waals surface area (Å²) in [5, 5.41) is 12.8. The smallest absolute Gasteiger partial charge is 0.274 e. The molecule has 0 radical (unpaired) electrons. The molecule has 2 heterocycles. The molecule has 4 rings (SSSR count). The van der Waals surface area contributed by atoms with Crippen molar-refractivity contribution >= 4 is 23.0 Å². The highest BCUT2D eigenvalue weighted by molar-refractivity contribution is 7.71. The number of fused-ring (bicyclic) bond motifs is 1. The number of aromatic nitrogens is 5. The summed E-state index contributed by atoms with van der Waals surface area (Å²) >= 11 is 5.38. The second-order valence-corrected chi connectivity index (χ2v) is 6.94. The largest absolute Gasteiger partial charge is 0.297 e. The molecule has 0 amide bonds. The predicted octanol–water partition coefficient (Wildman–Crippen LogP) is 3.64. The molecular weight excluding hydrogens is 377 g/mol. The maximum absolute atomic E-state index is 13.2. The van der Waals surface area contributed by atoms with Gasteiger partial charge in [-0.3, -0.25) is 14.5 Å². The van der Waals surface area contributed by atoms with Crippen molar-refractivity contribution in [1.82, 2.24) is 24.5 Å². The van der Waals surface area contributed by atoms with Gasteiger partial charge in [0, 0.05) is 11.8 Å². The lowest BCUT2D eigenvalue weighted by Gasteiger charge is -2.16. The van der Waals surface area contributed by atoms with Crippen LogP contribution in [0.1, 0.15) is 24.4 Å². The molecule has 6 nitrogen and oxygen atoms in total. The Morgan fingerprint density at radius 1 is 1.18 bits per heavy atom. The van der Waals surface area contributed by atoms with Crippen LogP contribution < -0.4 is 5.56 Å². The number of hydrogen-bond donors (Lipinski definition) is 1. The Morgan fingerprint density at radius 2 is 1.93 bits per heavy atom. The number of H-pyrrole nitrogens is 1. The summed E-state index contributed by atoms with van der Waals surface area (Å²) in [6.45, 7) is 2.35. The van der Waals surface area contributed by atoms with Crippen LogP contribution in [0.4, 0.5) is 4.39 Å². The maximum atomic E-state index is 13.2. The van der Waals surface area contributed by atoms with E-state index < -0.39 is 0 Å². The molecule has 142 valence electrons. The van der Waals surface area contributed by atoms with Crippen LogP contribution in [0.2, 0.25) is 0 Å². The highest BCUT2D eigenvalue weighted by Crippen LogP contribution is 2.20. The van der Waals surface area contributed by atoms with E-state index in [0.717, 1.165) is 10.9 Å². The zero-order valence-electron chi connectivity index (χ0n) is 15.2.